The molecule has 134 valence electrons. The highest BCUT2D eigenvalue weighted by molar-refractivity contribution is 7.99. The molecule has 0 aromatic heterocycles. The van der Waals surface area contributed by atoms with E-state index in [1.54, 1.807) is 31.0 Å². The van der Waals surface area contributed by atoms with E-state index in [9.17, 15) is 4.79 Å². The summed E-state index contributed by atoms with van der Waals surface area (Å²) in [4.78, 5) is 12.0. The summed E-state index contributed by atoms with van der Waals surface area (Å²) in [5.41, 5.74) is 1.78. The molecule has 0 aliphatic carbocycles. The fourth-order valence-corrected chi connectivity index (χ4v) is 3.00. The molecular weight excluding hydrogens is 358 g/mol. The highest BCUT2D eigenvalue weighted by Gasteiger charge is 2.08. The van der Waals surface area contributed by atoms with Crippen LogP contribution in [0.1, 0.15) is 12.0 Å². The molecule has 0 radical (unpaired) electrons. The van der Waals surface area contributed by atoms with Crippen LogP contribution in [0.15, 0.2) is 42.5 Å². The molecule has 1 N–H and O–H groups in total. The van der Waals surface area contributed by atoms with Gasteiger partial charge in [-0.05, 0) is 61.1 Å². The molecule has 0 fully saturated rings. The molecule has 1 amide bonds. The van der Waals surface area contributed by atoms with Crippen LogP contribution in [0.3, 0.4) is 0 Å². The highest BCUT2D eigenvalue weighted by Crippen LogP contribution is 2.25. The summed E-state index contributed by atoms with van der Waals surface area (Å²) in [6, 6.07) is 13.0. The number of nitrogens with one attached hydrogen (secondary N) is 1. The normalized spacial score (nSPS) is 10.4. The van der Waals surface area contributed by atoms with E-state index in [0.717, 1.165) is 23.5 Å². The number of benzene rings is 2. The maximum absolute atomic E-state index is 12.0. The van der Waals surface area contributed by atoms with Crippen molar-refractivity contribution < 1.29 is 14.3 Å². The van der Waals surface area contributed by atoms with Gasteiger partial charge in [-0.25, -0.2) is 0 Å². The number of carbonyl (C=O) groups excluding carboxylic acids is 1. The van der Waals surface area contributed by atoms with Crippen LogP contribution in [0, 0.1) is 6.92 Å². The van der Waals surface area contributed by atoms with Gasteiger partial charge in [-0.15, -0.1) is 0 Å². The molecular formula is C19H22ClNO3S. The van der Waals surface area contributed by atoms with E-state index in [-0.39, 0.29) is 5.91 Å². The number of hydrogen-bond acceptors (Lipinski definition) is 4. The van der Waals surface area contributed by atoms with Gasteiger partial charge in [-0.1, -0.05) is 17.7 Å². The van der Waals surface area contributed by atoms with Crippen LogP contribution >= 0.6 is 23.4 Å². The monoisotopic (exact) mass is 379 g/mol. The first-order valence-electron chi connectivity index (χ1n) is 7.99. The van der Waals surface area contributed by atoms with Crippen LogP contribution in [0.4, 0.5) is 5.69 Å². The van der Waals surface area contributed by atoms with Gasteiger partial charge in [0, 0.05) is 5.02 Å². The van der Waals surface area contributed by atoms with Crippen molar-refractivity contribution in [3.05, 3.63) is 53.1 Å². The van der Waals surface area contributed by atoms with E-state index in [4.69, 9.17) is 21.1 Å². The van der Waals surface area contributed by atoms with Gasteiger partial charge in [-0.2, -0.15) is 11.8 Å². The van der Waals surface area contributed by atoms with Gasteiger partial charge in [0.15, 0.2) is 0 Å². The van der Waals surface area contributed by atoms with Gasteiger partial charge in [0.1, 0.15) is 11.5 Å². The summed E-state index contributed by atoms with van der Waals surface area (Å²) in [7, 11) is 1.59. The van der Waals surface area contributed by atoms with Crippen molar-refractivity contribution in [3.63, 3.8) is 0 Å². The number of anilines is 1. The zero-order chi connectivity index (χ0) is 18.1. The van der Waals surface area contributed by atoms with E-state index in [1.165, 1.54) is 0 Å². The molecule has 0 spiro atoms. The molecule has 0 atom stereocenters. The summed E-state index contributed by atoms with van der Waals surface area (Å²) in [5, 5.41) is 3.59. The lowest BCUT2D eigenvalue weighted by atomic mass is 10.2. The number of halogens is 1. The Morgan fingerprint density at radius 2 is 1.96 bits per heavy atom. The zero-order valence-corrected chi connectivity index (χ0v) is 16.0. The first kappa shape index (κ1) is 19.5. The van der Waals surface area contributed by atoms with Gasteiger partial charge in [-0.3, -0.25) is 4.79 Å². The summed E-state index contributed by atoms with van der Waals surface area (Å²) in [6.45, 7) is 2.59. The number of methoxy groups -OCH3 is 1. The molecule has 25 heavy (non-hydrogen) atoms. The third-order valence-corrected chi connectivity index (χ3v) is 4.67. The lowest BCUT2D eigenvalue weighted by Crippen LogP contribution is -2.15. The lowest BCUT2D eigenvalue weighted by molar-refractivity contribution is -0.113. The maximum atomic E-state index is 12.0. The maximum Gasteiger partial charge on any atom is 0.234 e. The Morgan fingerprint density at radius 3 is 2.68 bits per heavy atom. The quantitative estimate of drug-likeness (QED) is 0.636. The molecule has 0 aliphatic heterocycles. The standard InChI is InChI=1S/C19H22ClNO3S/c1-14-4-9-18(23-2)17(12-14)21-19(22)13-25-11-3-10-24-16-7-5-15(20)6-8-16/h4-9,12H,3,10-11,13H2,1-2H3,(H,21,22). The number of rotatable bonds is 9. The zero-order valence-electron chi connectivity index (χ0n) is 14.4. The molecule has 2 aromatic rings. The topological polar surface area (TPSA) is 47.6 Å². The molecule has 0 heterocycles. The first-order chi connectivity index (χ1) is 12.1. The second-order valence-corrected chi connectivity index (χ2v) is 7.00. The summed E-state index contributed by atoms with van der Waals surface area (Å²) < 4.78 is 10.9. The number of ether oxygens (including phenoxy) is 2. The van der Waals surface area contributed by atoms with Gasteiger partial charge >= 0.3 is 0 Å². The smallest absolute Gasteiger partial charge is 0.234 e. The van der Waals surface area contributed by atoms with Crippen LogP contribution in [-0.2, 0) is 4.79 Å². The number of aryl methyl sites for hydroxylation is 1. The van der Waals surface area contributed by atoms with Gasteiger partial charge < -0.3 is 14.8 Å². The van der Waals surface area contributed by atoms with Crippen LogP contribution in [0.25, 0.3) is 0 Å². The number of thioether (sulfide) groups is 1. The molecule has 0 aliphatic rings. The van der Waals surface area contributed by atoms with Gasteiger partial charge in [0.05, 0.1) is 25.2 Å². The fourth-order valence-electron chi connectivity index (χ4n) is 2.15. The lowest BCUT2D eigenvalue weighted by Gasteiger charge is -2.11. The largest absolute Gasteiger partial charge is 0.495 e. The Hall–Kier alpha value is -1.85. The number of amides is 1. The third-order valence-electron chi connectivity index (χ3n) is 3.38. The van der Waals surface area contributed by atoms with E-state index in [0.29, 0.717) is 28.8 Å². The Bertz CT molecular complexity index is 692. The van der Waals surface area contributed by atoms with Crippen molar-refractivity contribution in [2.24, 2.45) is 0 Å². The third kappa shape index (κ3) is 6.88. The predicted molar refractivity (Wildman–Crippen MR) is 105 cm³/mol. The van der Waals surface area contributed by atoms with E-state index in [1.807, 2.05) is 37.3 Å². The molecule has 2 rings (SSSR count). The van der Waals surface area contributed by atoms with Gasteiger partial charge in [0.2, 0.25) is 5.91 Å². The molecule has 4 nitrogen and oxygen atoms in total. The van der Waals surface area contributed by atoms with Crippen LogP contribution in [0.5, 0.6) is 11.5 Å². The minimum Gasteiger partial charge on any atom is -0.495 e. The van der Waals surface area contributed by atoms with E-state index in [2.05, 4.69) is 5.32 Å². The van der Waals surface area contributed by atoms with Crippen molar-refractivity contribution in [2.45, 2.75) is 13.3 Å². The number of carbonyl (C=O) groups is 1. The van der Waals surface area contributed by atoms with Gasteiger partial charge in [0.25, 0.3) is 0 Å². The van der Waals surface area contributed by atoms with Crippen molar-refractivity contribution in [3.8, 4) is 11.5 Å². The molecule has 0 saturated carbocycles. The Labute approximate surface area is 157 Å². The average molecular weight is 380 g/mol. The van der Waals surface area contributed by atoms with Crippen molar-refractivity contribution in [1.82, 2.24) is 0 Å². The molecule has 6 heteroatoms. The minimum atomic E-state index is -0.0347. The SMILES string of the molecule is COc1ccc(C)cc1NC(=O)CSCCCOc1ccc(Cl)cc1. The van der Waals surface area contributed by atoms with Crippen LogP contribution < -0.4 is 14.8 Å². The average Bonchev–Trinajstić information content (AvgIpc) is 2.60. The van der Waals surface area contributed by atoms with Crippen molar-refractivity contribution in [1.29, 1.82) is 0 Å². The predicted octanol–water partition coefficient (Wildman–Crippen LogP) is 4.80. The molecule has 2 aromatic carbocycles. The Kier molecular flexibility index (Phi) is 7.95. The van der Waals surface area contributed by atoms with E-state index < -0.39 is 0 Å². The van der Waals surface area contributed by atoms with Crippen molar-refractivity contribution >= 4 is 35.0 Å². The van der Waals surface area contributed by atoms with Crippen molar-refractivity contribution in [2.75, 3.05) is 30.5 Å². The summed E-state index contributed by atoms with van der Waals surface area (Å²) in [6.07, 6.45) is 0.869. The van der Waals surface area contributed by atoms with E-state index >= 15 is 0 Å². The summed E-state index contributed by atoms with van der Waals surface area (Å²) >= 11 is 7.41. The second-order valence-electron chi connectivity index (χ2n) is 5.46. The van der Waals surface area contributed by atoms with Crippen LogP contribution in [-0.4, -0.2) is 31.1 Å². The second kappa shape index (κ2) is 10.2. The number of hydrogen-bond donors (Lipinski definition) is 1. The molecule has 0 bridgehead atoms. The first-order valence-corrected chi connectivity index (χ1v) is 9.52. The molecule has 0 unspecified atom stereocenters. The highest BCUT2D eigenvalue weighted by atomic mass is 35.5. The minimum absolute atomic E-state index is 0.0347. The Balaban J connectivity index is 1.64. The Morgan fingerprint density at radius 1 is 1.20 bits per heavy atom. The molecule has 0 saturated heterocycles. The fraction of sp³-hybridized carbons (Fsp3) is 0.316. The summed E-state index contributed by atoms with van der Waals surface area (Å²) in [5.74, 6) is 2.69. The van der Waals surface area contributed by atoms with Crippen LogP contribution in [0.2, 0.25) is 5.02 Å².